The summed E-state index contributed by atoms with van der Waals surface area (Å²) in [6.45, 7) is 0.146. The molecule has 0 radical (unpaired) electrons. The molecule has 6 heteroatoms. The summed E-state index contributed by atoms with van der Waals surface area (Å²) in [7, 11) is 0. The molecule has 11 heavy (non-hydrogen) atoms. The summed E-state index contributed by atoms with van der Waals surface area (Å²) in [5, 5.41) is 31.8. The van der Waals surface area contributed by atoms with Crippen molar-refractivity contribution in [2.24, 2.45) is 0 Å². The van der Waals surface area contributed by atoms with Gasteiger partial charge in [0.25, 0.3) is 5.97 Å². The predicted octanol–water partition coefficient (Wildman–Crippen LogP) is -1.77. The van der Waals surface area contributed by atoms with Crippen LogP contribution in [0.2, 0.25) is 0 Å². The Morgan fingerprint density at radius 3 is 1.36 bits per heavy atom. The van der Waals surface area contributed by atoms with Gasteiger partial charge in [-0.25, -0.2) is 4.90 Å². The van der Waals surface area contributed by atoms with Crippen LogP contribution >= 0.6 is 0 Å². The molecule has 0 heterocycles. The molecular weight excluding hydrogens is 154 g/mol. The van der Waals surface area contributed by atoms with Crippen LogP contribution in [0.15, 0.2) is 0 Å². The standard InChI is InChI=1S/C3H9NO3.C2H4O2/c5-1-4(2-6)3-7;1-2(3)4/h5-7H,1-3H2;1H3,(H,3,4). The van der Waals surface area contributed by atoms with Crippen molar-refractivity contribution in [1.29, 1.82) is 0 Å². The summed E-state index contributed by atoms with van der Waals surface area (Å²) in [6, 6.07) is 0. The van der Waals surface area contributed by atoms with Crippen LogP contribution in [0.4, 0.5) is 0 Å². The van der Waals surface area contributed by atoms with E-state index in [1.165, 1.54) is 0 Å². The van der Waals surface area contributed by atoms with Crippen molar-refractivity contribution in [2.45, 2.75) is 6.92 Å². The first-order valence-corrected chi connectivity index (χ1v) is 2.83. The lowest BCUT2D eigenvalue weighted by Gasteiger charge is -2.09. The van der Waals surface area contributed by atoms with Crippen molar-refractivity contribution in [3.05, 3.63) is 0 Å². The zero-order chi connectivity index (χ0) is 9.28. The zero-order valence-corrected chi connectivity index (χ0v) is 6.27. The van der Waals surface area contributed by atoms with Crippen LogP contribution in [0, 0.1) is 0 Å². The third-order valence-electron chi connectivity index (χ3n) is 0.600. The molecule has 0 rings (SSSR count). The van der Waals surface area contributed by atoms with Crippen LogP contribution < -0.4 is 0 Å². The molecule has 0 fully saturated rings. The molecule has 0 aliphatic carbocycles. The van der Waals surface area contributed by atoms with Crippen LogP contribution in [0.25, 0.3) is 0 Å². The van der Waals surface area contributed by atoms with Gasteiger partial charge in [0.2, 0.25) is 0 Å². The molecule has 0 aromatic carbocycles. The Balaban J connectivity index is 0. The average Bonchev–Trinajstić information content (AvgIpc) is 1.90. The monoisotopic (exact) mass is 167 g/mol. The number of carbonyl (C=O) groups is 1. The number of nitrogens with zero attached hydrogens (tertiary/aromatic N) is 1. The van der Waals surface area contributed by atoms with Gasteiger partial charge in [-0.15, -0.1) is 0 Å². The van der Waals surface area contributed by atoms with Crippen molar-refractivity contribution in [1.82, 2.24) is 4.90 Å². The highest BCUT2D eigenvalue weighted by Crippen LogP contribution is 1.75. The Hall–Kier alpha value is -0.690. The third-order valence-corrected chi connectivity index (χ3v) is 0.600. The summed E-state index contributed by atoms with van der Waals surface area (Å²) >= 11 is 0. The van der Waals surface area contributed by atoms with Crippen LogP contribution in [-0.4, -0.2) is 51.5 Å². The Bertz CT molecular complexity index is 83.4. The fraction of sp³-hybridized carbons (Fsp3) is 0.800. The van der Waals surface area contributed by atoms with Gasteiger partial charge in [-0.1, -0.05) is 0 Å². The molecule has 0 atom stereocenters. The van der Waals surface area contributed by atoms with E-state index in [-0.39, 0.29) is 20.2 Å². The van der Waals surface area contributed by atoms with Gasteiger partial charge in [0.05, 0.1) is 20.2 Å². The van der Waals surface area contributed by atoms with E-state index in [4.69, 9.17) is 25.2 Å². The first kappa shape index (κ1) is 12.9. The van der Waals surface area contributed by atoms with Gasteiger partial charge >= 0.3 is 0 Å². The summed E-state index contributed by atoms with van der Waals surface area (Å²) < 4.78 is 0. The van der Waals surface area contributed by atoms with Crippen LogP contribution in [0.1, 0.15) is 6.92 Å². The summed E-state index contributed by atoms with van der Waals surface area (Å²) in [5.41, 5.74) is 0. The van der Waals surface area contributed by atoms with Gasteiger partial charge in [0.1, 0.15) is 0 Å². The quantitative estimate of drug-likeness (QED) is 0.371. The van der Waals surface area contributed by atoms with E-state index in [0.717, 1.165) is 11.8 Å². The second-order valence-corrected chi connectivity index (χ2v) is 1.61. The number of aliphatic hydroxyl groups excluding tert-OH is 3. The topological polar surface area (TPSA) is 101 Å². The predicted molar refractivity (Wildman–Crippen MR) is 36.4 cm³/mol. The second-order valence-electron chi connectivity index (χ2n) is 1.61. The van der Waals surface area contributed by atoms with Gasteiger partial charge in [-0.3, -0.25) is 4.79 Å². The minimum absolute atomic E-state index is 0.312. The highest BCUT2D eigenvalue weighted by atomic mass is 16.4. The number of aliphatic hydroxyl groups is 3. The lowest BCUT2D eigenvalue weighted by Crippen LogP contribution is -2.26. The van der Waals surface area contributed by atoms with Crippen LogP contribution in [0.3, 0.4) is 0 Å². The van der Waals surface area contributed by atoms with Gasteiger partial charge in [0, 0.05) is 6.92 Å². The van der Waals surface area contributed by atoms with Crippen molar-refractivity contribution in [2.75, 3.05) is 20.2 Å². The molecule has 0 unspecified atom stereocenters. The van der Waals surface area contributed by atoms with E-state index < -0.39 is 5.97 Å². The SMILES string of the molecule is CC(=O)O.OCN(CO)CO. The van der Waals surface area contributed by atoms with E-state index in [2.05, 4.69) is 0 Å². The van der Waals surface area contributed by atoms with Gasteiger partial charge in [0.15, 0.2) is 0 Å². The number of hydrogen-bond acceptors (Lipinski definition) is 5. The van der Waals surface area contributed by atoms with Crippen LogP contribution in [-0.2, 0) is 4.79 Å². The van der Waals surface area contributed by atoms with Crippen molar-refractivity contribution in [3.63, 3.8) is 0 Å². The molecule has 0 aromatic rings. The number of carboxylic acids is 1. The summed E-state index contributed by atoms with van der Waals surface area (Å²) in [5.74, 6) is -0.833. The third kappa shape index (κ3) is 17.6. The molecule has 0 aliphatic heterocycles. The Kier molecular flexibility index (Phi) is 11.0. The number of rotatable bonds is 3. The lowest BCUT2D eigenvalue weighted by molar-refractivity contribution is -0.134. The maximum atomic E-state index is 9.00. The van der Waals surface area contributed by atoms with Crippen molar-refractivity contribution >= 4 is 5.97 Å². The molecule has 4 N–H and O–H groups in total. The van der Waals surface area contributed by atoms with Gasteiger partial charge in [-0.05, 0) is 0 Å². The molecule has 0 aliphatic rings. The van der Waals surface area contributed by atoms with Crippen molar-refractivity contribution < 1.29 is 25.2 Å². The summed E-state index contributed by atoms with van der Waals surface area (Å²) in [6.07, 6.45) is 0. The number of carboxylic acid groups (broad SMARTS) is 1. The van der Waals surface area contributed by atoms with Gasteiger partial charge in [-0.2, -0.15) is 0 Å². The smallest absolute Gasteiger partial charge is 0.300 e. The van der Waals surface area contributed by atoms with Crippen LogP contribution in [0.5, 0.6) is 0 Å². The van der Waals surface area contributed by atoms with Gasteiger partial charge < -0.3 is 20.4 Å². The first-order valence-electron chi connectivity index (χ1n) is 2.83. The molecule has 0 spiro atoms. The molecule has 0 saturated carbocycles. The molecule has 0 bridgehead atoms. The first-order chi connectivity index (χ1) is 5.08. The van der Waals surface area contributed by atoms with E-state index in [1.54, 1.807) is 0 Å². The maximum absolute atomic E-state index is 9.00. The average molecular weight is 167 g/mol. The minimum atomic E-state index is -0.833. The zero-order valence-electron chi connectivity index (χ0n) is 6.27. The number of hydrogen-bond donors (Lipinski definition) is 4. The van der Waals surface area contributed by atoms with E-state index >= 15 is 0 Å². The molecule has 0 amide bonds. The van der Waals surface area contributed by atoms with Crippen molar-refractivity contribution in [3.8, 4) is 0 Å². The Morgan fingerprint density at radius 2 is 1.36 bits per heavy atom. The highest BCUT2D eigenvalue weighted by molar-refractivity contribution is 5.62. The van der Waals surface area contributed by atoms with E-state index in [1.807, 2.05) is 0 Å². The summed E-state index contributed by atoms with van der Waals surface area (Å²) in [4.78, 5) is 10.0. The lowest BCUT2D eigenvalue weighted by atomic mass is 10.9. The fourth-order valence-electron chi connectivity index (χ4n) is 0.134. The highest BCUT2D eigenvalue weighted by Gasteiger charge is 1.93. The Morgan fingerprint density at radius 1 is 1.18 bits per heavy atom. The largest absolute Gasteiger partial charge is 0.481 e. The maximum Gasteiger partial charge on any atom is 0.300 e. The normalized spacial score (nSPS) is 8.82. The number of aliphatic carboxylic acids is 1. The molecule has 68 valence electrons. The Labute approximate surface area is 64.3 Å². The fourth-order valence-corrected chi connectivity index (χ4v) is 0.134. The molecule has 0 aromatic heterocycles. The van der Waals surface area contributed by atoms with E-state index in [9.17, 15) is 0 Å². The van der Waals surface area contributed by atoms with E-state index in [0.29, 0.717) is 0 Å². The molecular formula is C5H13NO5. The second kappa shape index (κ2) is 9.31. The minimum Gasteiger partial charge on any atom is -0.481 e. The molecule has 6 nitrogen and oxygen atoms in total. The molecule has 0 saturated heterocycles.